The van der Waals surface area contributed by atoms with Gasteiger partial charge in [-0.2, -0.15) is 0 Å². The molecule has 0 bridgehead atoms. The third-order valence-electron chi connectivity index (χ3n) is 4.31. The van der Waals surface area contributed by atoms with Crippen LogP contribution >= 0.6 is 11.8 Å². The number of nitrogen functional groups attached to an aromatic ring is 1. The summed E-state index contributed by atoms with van der Waals surface area (Å²) < 4.78 is 5.71. The third-order valence-corrected chi connectivity index (χ3v) is 5.16. The standard InChI is InChI=1S/C16H25N3O3S/c1-9(2)11-5-4-10(3)6-12(11)22-15(21)8-23-16-18-13(17)7-14(20)19-16/h7,9-12H,4-6,8H2,1-3H3,(H3,17,18,19,20)/t10-,11+,12-/m1/s1. The van der Waals surface area contributed by atoms with Crippen molar-refractivity contribution < 1.29 is 9.53 Å². The number of ether oxygens (including phenoxy) is 1. The van der Waals surface area contributed by atoms with Crippen LogP contribution in [0, 0.1) is 17.8 Å². The van der Waals surface area contributed by atoms with E-state index in [-0.39, 0.29) is 29.2 Å². The van der Waals surface area contributed by atoms with Crippen LogP contribution in [-0.2, 0) is 9.53 Å². The van der Waals surface area contributed by atoms with Crippen molar-refractivity contribution in [3.63, 3.8) is 0 Å². The molecule has 0 saturated heterocycles. The lowest BCUT2D eigenvalue weighted by atomic mass is 9.75. The van der Waals surface area contributed by atoms with E-state index < -0.39 is 0 Å². The van der Waals surface area contributed by atoms with Crippen LogP contribution in [0.15, 0.2) is 16.0 Å². The SMILES string of the molecule is CC(C)[C@@H]1CC[C@@H](C)C[C@H]1OC(=O)CSc1nc(N)cc(=O)[nH]1. The van der Waals surface area contributed by atoms with Gasteiger partial charge in [-0.1, -0.05) is 39.0 Å². The second kappa shape index (κ2) is 7.86. The molecule has 1 aliphatic carbocycles. The van der Waals surface area contributed by atoms with Crippen molar-refractivity contribution in [2.75, 3.05) is 11.5 Å². The summed E-state index contributed by atoms with van der Waals surface area (Å²) in [4.78, 5) is 30.0. The van der Waals surface area contributed by atoms with E-state index >= 15 is 0 Å². The predicted octanol–water partition coefficient (Wildman–Crippen LogP) is 2.45. The number of nitrogens with zero attached hydrogens (tertiary/aromatic N) is 1. The van der Waals surface area contributed by atoms with Crippen molar-refractivity contribution in [2.45, 2.75) is 51.3 Å². The van der Waals surface area contributed by atoms with Gasteiger partial charge in [-0.25, -0.2) is 4.98 Å². The molecule has 128 valence electrons. The molecular weight excluding hydrogens is 314 g/mol. The van der Waals surface area contributed by atoms with Crippen molar-refractivity contribution in [3.8, 4) is 0 Å². The first-order chi connectivity index (χ1) is 10.8. The van der Waals surface area contributed by atoms with E-state index in [1.54, 1.807) is 0 Å². The quantitative estimate of drug-likeness (QED) is 0.486. The van der Waals surface area contributed by atoms with Gasteiger partial charge < -0.3 is 15.5 Å². The molecule has 1 aromatic rings. The maximum absolute atomic E-state index is 12.1. The smallest absolute Gasteiger partial charge is 0.316 e. The van der Waals surface area contributed by atoms with Crippen LogP contribution < -0.4 is 11.3 Å². The van der Waals surface area contributed by atoms with E-state index in [2.05, 4.69) is 30.7 Å². The van der Waals surface area contributed by atoms with E-state index in [0.717, 1.165) is 24.6 Å². The minimum absolute atomic E-state index is 0.0142. The monoisotopic (exact) mass is 339 g/mol. The van der Waals surface area contributed by atoms with Crippen LogP contribution in [0.1, 0.15) is 40.0 Å². The fourth-order valence-corrected chi connectivity index (χ4v) is 3.77. The third kappa shape index (κ3) is 5.27. The number of anilines is 1. The zero-order chi connectivity index (χ0) is 17.0. The molecule has 1 heterocycles. The zero-order valence-corrected chi connectivity index (χ0v) is 14.7. The fourth-order valence-electron chi connectivity index (χ4n) is 3.10. The molecule has 1 aromatic heterocycles. The molecule has 0 amide bonds. The Balaban J connectivity index is 1.91. The van der Waals surface area contributed by atoms with Gasteiger partial charge in [-0.3, -0.25) is 9.59 Å². The molecule has 7 heteroatoms. The van der Waals surface area contributed by atoms with E-state index in [1.165, 1.54) is 12.5 Å². The highest BCUT2D eigenvalue weighted by Crippen LogP contribution is 2.35. The highest BCUT2D eigenvalue weighted by molar-refractivity contribution is 7.99. The molecule has 2 rings (SSSR count). The summed E-state index contributed by atoms with van der Waals surface area (Å²) in [6.45, 7) is 6.56. The van der Waals surface area contributed by atoms with Gasteiger partial charge >= 0.3 is 5.97 Å². The van der Waals surface area contributed by atoms with Gasteiger partial charge in [-0.05, 0) is 30.6 Å². The van der Waals surface area contributed by atoms with E-state index in [1.807, 2.05) is 0 Å². The first-order valence-corrected chi connectivity index (χ1v) is 9.02. The molecule has 0 spiro atoms. The molecule has 0 unspecified atom stereocenters. The van der Waals surface area contributed by atoms with Crippen LogP contribution in [0.3, 0.4) is 0 Å². The number of hydrogen-bond donors (Lipinski definition) is 2. The van der Waals surface area contributed by atoms with Gasteiger partial charge in [0, 0.05) is 6.07 Å². The lowest BCUT2D eigenvalue weighted by Crippen LogP contribution is -2.36. The molecule has 0 radical (unpaired) electrons. The number of aromatic amines is 1. The Morgan fingerprint density at radius 3 is 2.91 bits per heavy atom. The Labute approximate surface area is 140 Å². The van der Waals surface area contributed by atoms with Crippen molar-refractivity contribution in [2.24, 2.45) is 17.8 Å². The number of H-pyrrole nitrogens is 1. The number of carbonyl (C=O) groups excluding carboxylic acids is 1. The molecule has 23 heavy (non-hydrogen) atoms. The normalized spacial score (nSPS) is 24.6. The van der Waals surface area contributed by atoms with Crippen LogP contribution in [0.25, 0.3) is 0 Å². The molecule has 1 fully saturated rings. The number of nitrogens with one attached hydrogen (secondary N) is 1. The van der Waals surface area contributed by atoms with Gasteiger partial charge in [0.1, 0.15) is 11.9 Å². The number of hydrogen-bond acceptors (Lipinski definition) is 6. The van der Waals surface area contributed by atoms with Crippen LogP contribution in [-0.4, -0.2) is 27.8 Å². The number of thioether (sulfide) groups is 1. The van der Waals surface area contributed by atoms with Gasteiger partial charge in [0.25, 0.3) is 5.56 Å². The molecule has 1 aliphatic rings. The van der Waals surface area contributed by atoms with Crippen molar-refractivity contribution in [3.05, 3.63) is 16.4 Å². The predicted molar refractivity (Wildman–Crippen MR) is 91.2 cm³/mol. The van der Waals surface area contributed by atoms with Crippen LogP contribution in [0.4, 0.5) is 5.82 Å². The number of esters is 1. The van der Waals surface area contributed by atoms with Gasteiger partial charge in [-0.15, -0.1) is 0 Å². The largest absolute Gasteiger partial charge is 0.461 e. The Morgan fingerprint density at radius 1 is 1.52 bits per heavy atom. The molecule has 1 saturated carbocycles. The number of carbonyl (C=O) groups is 1. The molecule has 6 nitrogen and oxygen atoms in total. The summed E-state index contributed by atoms with van der Waals surface area (Å²) in [6, 6.07) is 1.21. The first-order valence-electron chi connectivity index (χ1n) is 8.04. The fraction of sp³-hybridized carbons (Fsp3) is 0.688. The van der Waals surface area contributed by atoms with Crippen molar-refractivity contribution in [1.82, 2.24) is 9.97 Å². The second-order valence-electron chi connectivity index (χ2n) is 6.62. The molecule has 3 N–H and O–H groups in total. The highest BCUT2D eigenvalue weighted by Gasteiger charge is 2.33. The number of nitrogens with two attached hydrogens (primary N) is 1. The van der Waals surface area contributed by atoms with Gasteiger partial charge in [0.2, 0.25) is 0 Å². The first kappa shape index (κ1) is 17.8. The number of aromatic nitrogens is 2. The lowest BCUT2D eigenvalue weighted by Gasteiger charge is -2.36. The second-order valence-corrected chi connectivity index (χ2v) is 7.58. The number of rotatable bonds is 5. The molecule has 3 atom stereocenters. The summed E-state index contributed by atoms with van der Waals surface area (Å²) in [7, 11) is 0. The summed E-state index contributed by atoms with van der Waals surface area (Å²) in [5.74, 6) is 1.49. The van der Waals surface area contributed by atoms with Crippen molar-refractivity contribution >= 4 is 23.5 Å². The average molecular weight is 339 g/mol. The molecular formula is C16H25N3O3S. The molecule has 0 aromatic carbocycles. The van der Waals surface area contributed by atoms with Gasteiger partial charge in [0.15, 0.2) is 5.16 Å². The van der Waals surface area contributed by atoms with E-state index in [4.69, 9.17) is 10.5 Å². The maximum Gasteiger partial charge on any atom is 0.316 e. The summed E-state index contributed by atoms with van der Waals surface area (Å²) in [6.07, 6.45) is 3.21. The Hall–Kier alpha value is -1.50. The zero-order valence-electron chi connectivity index (χ0n) is 13.9. The average Bonchev–Trinajstić information content (AvgIpc) is 2.44. The van der Waals surface area contributed by atoms with E-state index in [0.29, 0.717) is 22.9 Å². The topological polar surface area (TPSA) is 98.1 Å². The highest BCUT2D eigenvalue weighted by atomic mass is 32.2. The maximum atomic E-state index is 12.1. The van der Waals surface area contributed by atoms with Crippen molar-refractivity contribution in [1.29, 1.82) is 0 Å². The Bertz CT molecular complexity index is 602. The minimum atomic E-state index is -0.325. The lowest BCUT2D eigenvalue weighted by molar-refractivity contribution is -0.152. The minimum Gasteiger partial charge on any atom is -0.461 e. The Morgan fingerprint density at radius 2 is 2.26 bits per heavy atom. The summed E-state index contributed by atoms with van der Waals surface area (Å²) in [5, 5.41) is 0.337. The summed E-state index contributed by atoms with van der Waals surface area (Å²) in [5.41, 5.74) is 5.20. The van der Waals surface area contributed by atoms with Crippen LogP contribution in [0.2, 0.25) is 0 Å². The van der Waals surface area contributed by atoms with E-state index in [9.17, 15) is 9.59 Å². The van der Waals surface area contributed by atoms with Gasteiger partial charge in [0.05, 0.1) is 5.75 Å². The Kier molecular flexibility index (Phi) is 6.10. The summed E-state index contributed by atoms with van der Waals surface area (Å²) >= 11 is 1.13. The molecule has 0 aliphatic heterocycles. The van der Waals surface area contributed by atoms with Crippen LogP contribution in [0.5, 0.6) is 0 Å².